The Hall–Kier alpha value is -8.39. The number of anilines is 4. The van der Waals surface area contributed by atoms with Crippen molar-refractivity contribution in [1.82, 2.24) is 44.7 Å². The second-order valence-corrected chi connectivity index (χ2v) is 29.0. The minimum atomic E-state index is -3.24. The number of benzene rings is 5. The topological polar surface area (TPSA) is 236 Å². The van der Waals surface area contributed by atoms with Crippen molar-refractivity contribution in [2.45, 2.75) is 77.5 Å². The van der Waals surface area contributed by atoms with E-state index in [-0.39, 0.29) is 35.2 Å². The van der Waals surface area contributed by atoms with E-state index in [4.69, 9.17) is 34.8 Å². The van der Waals surface area contributed by atoms with Gasteiger partial charge in [0.2, 0.25) is 21.8 Å². The van der Waals surface area contributed by atoms with E-state index in [1.807, 2.05) is 143 Å². The summed E-state index contributed by atoms with van der Waals surface area (Å²) in [5.74, 6) is 0.0658. The third-order valence-electron chi connectivity index (χ3n) is 18.3. The van der Waals surface area contributed by atoms with Crippen LogP contribution >= 0.6 is 34.8 Å². The van der Waals surface area contributed by atoms with E-state index in [2.05, 4.69) is 76.2 Å². The van der Waals surface area contributed by atoms with Gasteiger partial charge in [0, 0.05) is 196 Å². The molecule has 24 heteroatoms. The van der Waals surface area contributed by atoms with E-state index in [0.717, 1.165) is 104 Å². The predicted molar refractivity (Wildman–Crippen MR) is 369 cm³/mol. The number of urea groups is 1. The van der Waals surface area contributed by atoms with Crippen LogP contribution in [-0.4, -0.2) is 162 Å². The second-order valence-electron chi connectivity index (χ2n) is 25.8. The zero-order chi connectivity index (χ0) is 65.4. The fourth-order valence-electron chi connectivity index (χ4n) is 13.7. The average molecular weight is 1320 g/mol. The first-order valence-corrected chi connectivity index (χ1v) is 33.8. The monoisotopic (exact) mass is 1320 g/mol. The molecular weight excluding hydrogens is 1250 g/mol. The van der Waals surface area contributed by atoms with Crippen LogP contribution in [0.2, 0.25) is 15.1 Å². The van der Waals surface area contributed by atoms with Gasteiger partial charge >= 0.3 is 6.03 Å². The van der Waals surface area contributed by atoms with Gasteiger partial charge in [-0.2, -0.15) is 9.57 Å². The minimum absolute atomic E-state index is 0.00880. The van der Waals surface area contributed by atoms with Crippen LogP contribution in [0.1, 0.15) is 65.0 Å². The number of aromatic amines is 4. The first-order chi connectivity index (χ1) is 43.8. The number of sulfonamides is 1. The molecule has 5 aromatic carbocycles. The van der Waals surface area contributed by atoms with Gasteiger partial charge in [-0.05, 0) is 111 Å². The van der Waals surface area contributed by atoms with Gasteiger partial charge in [0.25, 0.3) is 5.91 Å². The van der Waals surface area contributed by atoms with E-state index in [9.17, 15) is 32.9 Å². The number of carbonyl (C=O) groups excluding carboxylic acids is 4. The number of carbonyl (C=O) groups is 4. The van der Waals surface area contributed by atoms with Crippen LogP contribution < -0.4 is 30.2 Å². The van der Waals surface area contributed by atoms with E-state index in [1.54, 1.807) is 16.1 Å². The summed E-state index contributed by atoms with van der Waals surface area (Å²) in [6.07, 6.45) is 10.9. The fourth-order valence-corrected chi connectivity index (χ4v) is 15.7. The maximum absolute atomic E-state index is 13.2. The summed E-state index contributed by atoms with van der Waals surface area (Å²) < 4.78 is 25.5. The molecule has 5 fully saturated rings. The van der Waals surface area contributed by atoms with Crippen LogP contribution in [0.25, 0.3) is 43.6 Å². The molecule has 5 aliphatic rings. The number of nitriles is 1. The van der Waals surface area contributed by atoms with Crippen LogP contribution in [0.3, 0.4) is 0 Å². The minimum Gasteiger partial charge on any atom is -0.371 e. The average Bonchev–Trinajstić information content (AvgIpc) is 1.43. The zero-order valence-corrected chi connectivity index (χ0v) is 55.8. The second kappa shape index (κ2) is 26.3. The zero-order valence-electron chi connectivity index (χ0n) is 52.7. The number of likely N-dealkylation sites (N-methyl/N-ethyl adjacent to an activating group) is 1. The van der Waals surface area contributed by atoms with Gasteiger partial charge < -0.3 is 55.1 Å². The number of rotatable bonds is 8. The highest BCUT2D eigenvalue weighted by Crippen LogP contribution is 2.40. The van der Waals surface area contributed by atoms with Gasteiger partial charge in [0.15, 0.2) is 0 Å². The van der Waals surface area contributed by atoms with E-state index < -0.39 is 21.1 Å². The molecule has 92 heavy (non-hydrogen) atoms. The Balaban J connectivity index is 0.000000127. The van der Waals surface area contributed by atoms with Crippen LogP contribution in [0.5, 0.6) is 0 Å². The molecule has 20 nitrogen and oxygen atoms in total. The molecule has 0 saturated carbocycles. The van der Waals surface area contributed by atoms with Crippen LogP contribution in [0.15, 0.2) is 128 Å². The van der Waals surface area contributed by atoms with Crippen LogP contribution in [0.4, 0.5) is 27.5 Å². The van der Waals surface area contributed by atoms with E-state index in [1.165, 1.54) is 16.5 Å². The Labute approximate surface area is 550 Å². The summed E-state index contributed by atoms with van der Waals surface area (Å²) in [5.41, 5.74) is 8.44. The molecule has 9 heterocycles. The molecular formula is C68H77Cl3N14O6S. The predicted octanol–water partition coefficient (Wildman–Crippen LogP) is 11.5. The summed E-state index contributed by atoms with van der Waals surface area (Å²) in [4.78, 5) is 73.6. The van der Waals surface area contributed by atoms with Crippen molar-refractivity contribution in [1.29, 1.82) is 5.26 Å². The quantitative estimate of drug-likeness (QED) is 0.0783. The molecule has 5 saturated heterocycles. The van der Waals surface area contributed by atoms with Crippen molar-refractivity contribution < 1.29 is 27.6 Å². The molecule has 0 radical (unpaired) electrons. The van der Waals surface area contributed by atoms with Crippen LogP contribution in [-0.2, 0) is 31.0 Å². The Morgan fingerprint density at radius 1 is 0.630 bits per heavy atom. The number of piperazine rings is 2. The molecule has 482 valence electrons. The summed E-state index contributed by atoms with van der Waals surface area (Å²) >= 11 is 18.7. The Morgan fingerprint density at radius 3 is 1.61 bits per heavy atom. The van der Waals surface area contributed by atoms with Gasteiger partial charge in [0.1, 0.15) is 5.54 Å². The highest BCUT2D eigenvalue weighted by Gasteiger charge is 2.52. The summed E-state index contributed by atoms with van der Waals surface area (Å²) in [6.45, 7) is 16.9. The van der Waals surface area contributed by atoms with E-state index >= 15 is 0 Å². The number of hydrogen-bond acceptors (Lipinski definition) is 11. The van der Waals surface area contributed by atoms with Crippen LogP contribution in [0, 0.1) is 16.7 Å². The number of nitrogens with one attached hydrogen (secondary N) is 6. The number of nitrogens with zero attached hydrogens (tertiary/aromatic N) is 8. The molecule has 1 unspecified atom stereocenters. The van der Waals surface area contributed by atoms with Gasteiger partial charge in [-0.3, -0.25) is 19.3 Å². The van der Waals surface area contributed by atoms with Crippen molar-refractivity contribution in [3.8, 4) is 6.07 Å². The first-order valence-electron chi connectivity index (χ1n) is 30.8. The third kappa shape index (κ3) is 13.9. The highest BCUT2D eigenvalue weighted by atomic mass is 35.5. The molecule has 9 aromatic rings. The SMILES string of the molecule is CC(=O)NC1CCN(c2cc(Cl)cc3[nH]ccc23)CC1(C)C.CC1(C)CN(c2cc(C#N)cc3[nH]ccc23)CCN1S(C)(=O)=O.CN1CCN(c2cc(Cl)cc3[nH]ccc23)CC1=O.O=C1NC2(CCN(c3cc(Cl)cc4[nH]ccc34)CC2)C(=O)N1Cc1ccccc1. The number of imide groups is 1. The Bertz CT molecular complexity index is 4390. The van der Waals surface area contributed by atoms with E-state index in [0.29, 0.717) is 74.3 Å². The first kappa shape index (κ1) is 65.1. The molecule has 1 spiro atoms. The molecule has 6 N–H and O–H groups in total. The largest absolute Gasteiger partial charge is 0.371 e. The lowest BCUT2D eigenvalue weighted by atomic mass is 9.78. The maximum atomic E-state index is 13.2. The smallest absolute Gasteiger partial charge is 0.325 e. The summed E-state index contributed by atoms with van der Waals surface area (Å²) in [5, 5.41) is 21.9. The number of H-pyrrole nitrogens is 4. The van der Waals surface area contributed by atoms with Gasteiger partial charge in [-0.15, -0.1) is 0 Å². The third-order valence-corrected chi connectivity index (χ3v) is 20.4. The van der Waals surface area contributed by atoms with Crippen molar-refractivity contribution >= 4 is 135 Å². The Morgan fingerprint density at radius 2 is 1.12 bits per heavy atom. The van der Waals surface area contributed by atoms with Gasteiger partial charge in [0.05, 0.1) is 31.0 Å². The molecule has 14 rings (SSSR count). The fraction of sp³-hybridized carbons (Fsp3) is 0.368. The number of amides is 5. The maximum Gasteiger partial charge on any atom is 0.325 e. The Kier molecular flexibility index (Phi) is 18.6. The lowest BCUT2D eigenvalue weighted by Crippen LogP contribution is -2.60. The standard InChI is InChI=1S/C22H21ClN4O2.C17H22ClN3O.C16H20N4O2S.C13H14ClN3O/c23-16-12-18-17(6-9-24-18)19(13-16)26-10-7-22(8-11-26)20(28)27(21(29)25-22)14-15-4-2-1-3-5-15;1-11(22)20-16-5-7-21(10-17(16,2)3)15-9-12(18)8-14-13(15)4-6-19-14;1-16(2)11-19(6-7-20(16)23(3,21)22)15-9-12(10-17)8-14-13(15)4-5-18-14;1-16-4-5-17(8-13(16)18)12-7-9(14)6-11-10(12)2-3-15-11/h1-6,9,12-13,24H,7-8,10-11,14H2,(H,25,29);4,6,8-9,16,19H,5,7,10H2,1-3H3,(H,20,22);4-5,8-9,18H,6-7,11H2,1-3H3;2-3,6-7,15H,4-5,8H2,1H3. The van der Waals surface area contributed by atoms with Crippen molar-refractivity contribution in [2.24, 2.45) is 5.41 Å². The molecule has 5 aliphatic heterocycles. The van der Waals surface area contributed by atoms with Gasteiger partial charge in [-0.1, -0.05) is 79.0 Å². The highest BCUT2D eigenvalue weighted by molar-refractivity contribution is 7.88. The van der Waals surface area contributed by atoms with Gasteiger partial charge in [-0.25, -0.2) is 13.2 Å². The number of hydrogen-bond donors (Lipinski definition) is 6. The molecule has 1 atom stereocenters. The number of aromatic nitrogens is 4. The molecule has 4 aromatic heterocycles. The molecule has 5 amide bonds. The van der Waals surface area contributed by atoms with Crippen molar-refractivity contribution in [2.75, 3.05) is 98.4 Å². The lowest BCUT2D eigenvalue weighted by molar-refractivity contribution is -0.132. The summed E-state index contributed by atoms with van der Waals surface area (Å²) in [7, 11) is -1.40. The normalized spacial score (nSPS) is 18.9. The number of piperidine rings is 2. The number of fused-ring (bicyclic) bond motifs is 4. The summed E-state index contributed by atoms with van der Waals surface area (Å²) in [6, 6.07) is 35.2. The molecule has 0 bridgehead atoms. The molecule has 0 aliphatic carbocycles. The number of halogens is 3. The van der Waals surface area contributed by atoms with Crippen molar-refractivity contribution in [3.05, 3.63) is 154 Å². The van der Waals surface area contributed by atoms with Crippen molar-refractivity contribution in [3.63, 3.8) is 0 Å². The lowest BCUT2D eigenvalue weighted by Gasteiger charge is -2.46.